The number of hydrogen-bond acceptors (Lipinski definition) is 4. The normalized spacial score (nSPS) is 10.8. The number of rotatable bonds is 4. The maximum Gasteiger partial charge on any atom is 0.321 e. The van der Waals surface area contributed by atoms with E-state index < -0.39 is 30.1 Å². The molecule has 3 amide bonds. The molecule has 0 heterocycles. The molecule has 126 valence electrons. The molecule has 0 fully saturated rings. The zero-order valence-electron chi connectivity index (χ0n) is 14.3. The van der Waals surface area contributed by atoms with Gasteiger partial charge < -0.3 is 10.1 Å². The van der Waals surface area contributed by atoms with E-state index in [1.54, 1.807) is 20.8 Å². The minimum absolute atomic E-state index is 0.0859. The molecule has 0 unspecified atom stereocenters. The standard InChI is InChI=1S/C17H24N2O4/c1-11-6-7-13(8-12(11)2)9-15(21)23-10-14(20)18-16(22)19-17(3,4)5/h6-8H,9-10H2,1-5H3,(H2,18,19,20,22). The molecule has 0 bridgehead atoms. The molecule has 0 aliphatic carbocycles. The fourth-order valence-electron chi connectivity index (χ4n) is 1.81. The van der Waals surface area contributed by atoms with Crippen molar-refractivity contribution in [2.45, 2.75) is 46.6 Å². The van der Waals surface area contributed by atoms with Crippen LogP contribution in [0.25, 0.3) is 0 Å². The number of benzene rings is 1. The lowest BCUT2D eigenvalue weighted by Crippen LogP contribution is -2.49. The van der Waals surface area contributed by atoms with Crippen molar-refractivity contribution in [3.05, 3.63) is 34.9 Å². The molecule has 6 heteroatoms. The molecular weight excluding hydrogens is 296 g/mol. The van der Waals surface area contributed by atoms with Crippen LogP contribution in [0.4, 0.5) is 4.79 Å². The molecular formula is C17H24N2O4. The van der Waals surface area contributed by atoms with Crippen molar-refractivity contribution >= 4 is 17.9 Å². The van der Waals surface area contributed by atoms with Gasteiger partial charge in [-0.2, -0.15) is 0 Å². The van der Waals surface area contributed by atoms with Crippen LogP contribution in [0.15, 0.2) is 18.2 Å². The third-order valence-electron chi connectivity index (χ3n) is 3.03. The molecule has 0 radical (unpaired) electrons. The van der Waals surface area contributed by atoms with Crippen LogP contribution in [-0.4, -0.2) is 30.1 Å². The predicted octanol–water partition coefficient (Wildman–Crippen LogP) is 2.01. The third kappa shape index (κ3) is 7.44. The van der Waals surface area contributed by atoms with Crippen LogP contribution < -0.4 is 10.6 Å². The second kappa shape index (κ2) is 7.76. The van der Waals surface area contributed by atoms with E-state index in [0.717, 1.165) is 16.7 Å². The summed E-state index contributed by atoms with van der Waals surface area (Å²) >= 11 is 0. The molecule has 23 heavy (non-hydrogen) atoms. The third-order valence-corrected chi connectivity index (χ3v) is 3.03. The van der Waals surface area contributed by atoms with E-state index in [9.17, 15) is 14.4 Å². The molecule has 6 nitrogen and oxygen atoms in total. The molecule has 0 saturated heterocycles. The Morgan fingerprint density at radius 3 is 2.30 bits per heavy atom. The Morgan fingerprint density at radius 2 is 1.74 bits per heavy atom. The van der Waals surface area contributed by atoms with E-state index in [0.29, 0.717) is 0 Å². The first-order valence-corrected chi connectivity index (χ1v) is 7.40. The van der Waals surface area contributed by atoms with Crippen molar-refractivity contribution in [3.8, 4) is 0 Å². The Kier molecular flexibility index (Phi) is 6.30. The highest BCUT2D eigenvalue weighted by atomic mass is 16.5. The first-order chi connectivity index (χ1) is 10.6. The highest BCUT2D eigenvalue weighted by Crippen LogP contribution is 2.10. The van der Waals surface area contributed by atoms with Crippen LogP contribution in [0.1, 0.15) is 37.5 Å². The Bertz CT molecular complexity index is 603. The number of hydrogen-bond donors (Lipinski definition) is 2. The quantitative estimate of drug-likeness (QED) is 0.831. The Labute approximate surface area is 136 Å². The van der Waals surface area contributed by atoms with E-state index in [2.05, 4.69) is 10.6 Å². The summed E-state index contributed by atoms with van der Waals surface area (Å²) in [7, 11) is 0. The van der Waals surface area contributed by atoms with E-state index in [1.165, 1.54) is 0 Å². The van der Waals surface area contributed by atoms with Gasteiger partial charge in [-0.05, 0) is 51.3 Å². The minimum atomic E-state index is -0.666. The number of amides is 3. The number of urea groups is 1. The zero-order chi connectivity index (χ0) is 17.6. The fourth-order valence-corrected chi connectivity index (χ4v) is 1.81. The summed E-state index contributed by atoms with van der Waals surface area (Å²) in [6, 6.07) is 5.07. The Morgan fingerprint density at radius 1 is 1.09 bits per heavy atom. The van der Waals surface area contributed by atoms with Gasteiger partial charge in [0.25, 0.3) is 5.91 Å². The number of esters is 1. The van der Waals surface area contributed by atoms with Crippen LogP contribution in [0.5, 0.6) is 0 Å². The summed E-state index contributed by atoms with van der Waals surface area (Å²) in [6.45, 7) is 8.85. The first-order valence-electron chi connectivity index (χ1n) is 7.40. The summed E-state index contributed by atoms with van der Waals surface area (Å²) < 4.78 is 4.88. The average molecular weight is 320 g/mol. The molecule has 0 aliphatic rings. The highest BCUT2D eigenvalue weighted by molar-refractivity contribution is 5.95. The van der Waals surface area contributed by atoms with Gasteiger partial charge in [-0.3, -0.25) is 14.9 Å². The molecule has 0 atom stereocenters. The number of imide groups is 1. The second-order valence-corrected chi connectivity index (χ2v) is 6.51. The second-order valence-electron chi connectivity index (χ2n) is 6.51. The largest absolute Gasteiger partial charge is 0.455 e. The van der Waals surface area contributed by atoms with Gasteiger partial charge in [0, 0.05) is 5.54 Å². The van der Waals surface area contributed by atoms with Crippen LogP contribution in [0.2, 0.25) is 0 Å². The maximum absolute atomic E-state index is 11.7. The number of carbonyl (C=O) groups excluding carboxylic acids is 3. The van der Waals surface area contributed by atoms with E-state index in [1.807, 2.05) is 32.0 Å². The van der Waals surface area contributed by atoms with Crippen LogP contribution >= 0.6 is 0 Å². The summed E-state index contributed by atoms with van der Waals surface area (Å²) in [5, 5.41) is 4.68. The van der Waals surface area contributed by atoms with Gasteiger partial charge in [0.1, 0.15) is 0 Å². The zero-order valence-corrected chi connectivity index (χ0v) is 14.3. The van der Waals surface area contributed by atoms with Crippen LogP contribution in [-0.2, 0) is 20.7 Å². The lowest BCUT2D eigenvalue weighted by atomic mass is 10.0. The lowest BCUT2D eigenvalue weighted by molar-refractivity contribution is -0.147. The van der Waals surface area contributed by atoms with Gasteiger partial charge in [0.05, 0.1) is 6.42 Å². The molecule has 1 aromatic rings. The van der Waals surface area contributed by atoms with Gasteiger partial charge in [0.15, 0.2) is 6.61 Å². The summed E-state index contributed by atoms with van der Waals surface area (Å²) in [4.78, 5) is 34.8. The molecule has 0 aromatic heterocycles. The number of carbonyl (C=O) groups is 3. The number of ether oxygens (including phenoxy) is 1. The first kappa shape index (κ1) is 18.7. The SMILES string of the molecule is Cc1ccc(CC(=O)OCC(=O)NC(=O)NC(C)(C)C)cc1C. The van der Waals surface area contributed by atoms with Gasteiger partial charge in [-0.1, -0.05) is 18.2 Å². The van der Waals surface area contributed by atoms with Crippen LogP contribution in [0, 0.1) is 13.8 Å². The minimum Gasteiger partial charge on any atom is -0.455 e. The van der Waals surface area contributed by atoms with Crippen molar-refractivity contribution in [2.24, 2.45) is 0 Å². The Balaban J connectivity index is 2.39. The van der Waals surface area contributed by atoms with Gasteiger partial charge in [-0.25, -0.2) is 4.79 Å². The highest BCUT2D eigenvalue weighted by Gasteiger charge is 2.16. The maximum atomic E-state index is 11.7. The van der Waals surface area contributed by atoms with Crippen molar-refractivity contribution in [1.29, 1.82) is 0 Å². The molecule has 1 aromatic carbocycles. The molecule has 2 N–H and O–H groups in total. The molecule has 1 rings (SSSR count). The number of nitrogens with one attached hydrogen (secondary N) is 2. The predicted molar refractivity (Wildman–Crippen MR) is 87.0 cm³/mol. The number of aryl methyl sites for hydroxylation is 2. The van der Waals surface area contributed by atoms with E-state index in [-0.39, 0.29) is 6.42 Å². The molecule has 0 aliphatic heterocycles. The summed E-state index contributed by atoms with van der Waals surface area (Å²) in [6.07, 6.45) is 0.0859. The van der Waals surface area contributed by atoms with Crippen molar-refractivity contribution in [3.63, 3.8) is 0 Å². The van der Waals surface area contributed by atoms with Gasteiger partial charge >= 0.3 is 12.0 Å². The van der Waals surface area contributed by atoms with Gasteiger partial charge in [-0.15, -0.1) is 0 Å². The lowest BCUT2D eigenvalue weighted by Gasteiger charge is -2.20. The smallest absolute Gasteiger partial charge is 0.321 e. The van der Waals surface area contributed by atoms with Crippen LogP contribution in [0.3, 0.4) is 0 Å². The van der Waals surface area contributed by atoms with E-state index in [4.69, 9.17) is 4.74 Å². The van der Waals surface area contributed by atoms with Crippen molar-refractivity contribution in [1.82, 2.24) is 10.6 Å². The van der Waals surface area contributed by atoms with E-state index >= 15 is 0 Å². The average Bonchev–Trinajstić information content (AvgIpc) is 2.38. The Hall–Kier alpha value is -2.37. The van der Waals surface area contributed by atoms with Gasteiger partial charge in [0.2, 0.25) is 0 Å². The summed E-state index contributed by atoms with van der Waals surface area (Å²) in [5.41, 5.74) is 2.60. The monoisotopic (exact) mass is 320 g/mol. The topological polar surface area (TPSA) is 84.5 Å². The van der Waals surface area contributed by atoms with Crippen molar-refractivity contribution in [2.75, 3.05) is 6.61 Å². The van der Waals surface area contributed by atoms with Crippen molar-refractivity contribution < 1.29 is 19.1 Å². The fraction of sp³-hybridized carbons (Fsp3) is 0.471. The molecule has 0 spiro atoms. The summed E-state index contributed by atoms with van der Waals surface area (Å²) in [5.74, 6) is -1.18. The molecule has 0 saturated carbocycles.